The summed E-state index contributed by atoms with van der Waals surface area (Å²) in [7, 11) is 0. The zero-order chi connectivity index (χ0) is 21.7. The standard InChI is InChI=1S/C24H29ClN2O3/c1-5-7-8-11-30-20-10-9-18(21(25)14-20)15-27-17(4)26-23-16(3)12-19(13-22(23)27)24(28)29-6-2/h9-10,12-14H,5-8,11,15H2,1-4H3. The van der Waals surface area contributed by atoms with Gasteiger partial charge < -0.3 is 14.0 Å². The number of nitrogens with zero attached hydrogens (tertiary/aromatic N) is 2. The van der Waals surface area contributed by atoms with Crippen LogP contribution in [0.1, 0.15) is 60.4 Å². The molecule has 0 fully saturated rings. The Morgan fingerprint density at radius 3 is 2.63 bits per heavy atom. The second-order valence-corrected chi connectivity index (χ2v) is 7.84. The molecule has 5 nitrogen and oxygen atoms in total. The molecule has 0 amide bonds. The van der Waals surface area contributed by atoms with Gasteiger partial charge in [-0.3, -0.25) is 0 Å². The molecule has 160 valence electrons. The van der Waals surface area contributed by atoms with E-state index >= 15 is 0 Å². The van der Waals surface area contributed by atoms with Crippen LogP contribution in [0.25, 0.3) is 11.0 Å². The summed E-state index contributed by atoms with van der Waals surface area (Å²) >= 11 is 6.56. The van der Waals surface area contributed by atoms with Crippen LogP contribution in [0, 0.1) is 13.8 Å². The Balaban J connectivity index is 1.88. The van der Waals surface area contributed by atoms with Crippen LogP contribution < -0.4 is 4.74 Å². The summed E-state index contributed by atoms with van der Waals surface area (Å²) in [5, 5.41) is 0.655. The van der Waals surface area contributed by atoms with Crippen molar-refractivity contribution in [2.45, 2.75) is 53.5 Å². The van der Waals surface area contributed by atoms with Crippen LogP contribution in [-0.2, 0) is 11.3 Å². The SMILES string of the molecule is CCCCCOc1ccc(Cn2c(C)nc3c(C)cc(C(=O)OCC)cc32)c(Cl)c1. The van der Waals surface area contributed by atoms with Crippen molar-refractivity contribution in [3.05, 3.63) is 57.9 Å². The smallest absolute Gasteiger partial charge is 0.338 e. The lowest BCUT2D eigenvalue weighted by Gasteiger charge is -2.12. The van der Waals surface area contributed by atoms with Crippen LogP contribution in [0.5, 0.6) is 5.75 Å². The third-order valence-corrected chi connectivity index (χ3v) is 5.47. The molecule has 0 aliphatic heterocycles. The normalized spacial score (nSPS) is 11.1. The number of benzene rings is 2. The molecule has 0 atom stereocenters. The average Bonchev–Trinajstić information content (AvgIpc) is 3.03. The molecule has 0 bridgehead atoms. The van der Waals surface area contributed by atoms with Crippen molar-refractivity contribution < 1.29 is 14.3 Å². The molecule has 0 radical (unpaired) electrons. The van der Waals surface area contributed by atoms with Crippen molar-refractivity contribution in [1.82, 2.24) is 9.55 Å². The number of halogens is 1. The van der Waals surface area contributed by atoms with Gasteiger partial charge in [0.25, 0.3) is 0 Å². The van der Waals surface area contributed by atoms with E-state index in [1.54, 1.807) is 6.92 Å². The van der Waals surface area contributed by atoms with E-state index < -0.39 is 0 Å². The molecule has 1 heterocycles. The molecule has 0 aliphatic rings. The lowest BCUT2D eigenvalue weighted by molar-refractivity contribution is 0.0526. The highest BCUT2D eigenvalue weighted by Crippen LogP contribution is 2.27. The average molecular weight is 429 g/mol. The van der Waals surface area contributed by atoms with Gasteiger partial charge in [-0.25, -0.2) is 9.78 Å². The minimum atomic E-state index is -0.324. The van der Waals surface area contributed by atoms with E-state index in [4.69, 9.17) is 26.1 Å². The van der Waals surface area contributed by atoms with E-state index in [1.807, 2.05) is 44.2 Å². The van der Waals surface area contributed by atoms with Crippen LogP contribution >= 0.6 is 11.6 Å². The summed E-state index contributed by atoms with van der Waals surface area (Å²) < 4.78 is 13.0. The van der Waals surface area contributed by atoms with Gasteiger partial charge in [0.2, 0.25) is 0 Å². The van der Waals surface area contributed by atoms with Crippen LogP contribution in [-0.4, -0.2) is 28.7 Å². The summed E-state index contributed by atoms with van der Waals surface area (Å²) in [6.07, 6.45) is 3.36. The van der Waals surface area contributed by atoms with E-state index in [1.165, 1.54) is 6.42 Å². The molecular formula is C24H29ClN2O3. The molecule has 6 heteroatoms. The molecule has 0 unspecified atom stereocenters. The van der Waals surface area contributed by atoms with Crippen molar-refractivity contribution in [3.63, 3.8) is 0 Å². The Kier molecular flexibility index (Phi) is 7.38. The molecule has 1 aromatic heterocycles. The Hall–Kier alpha value is -2.53. The molecule has 3 rings (SSSR count). The maximum Gasteiger partial charge on any atom is 0.338 e. The fraction of sp³-hybridized carbons (Fsp3) is 0.417. The first kappa shape index (κ1) is 22.2. The minimum Gasteiger partial charge on any atom is -0.494 e. The van der Waals surface area contributed by atoms with Gasteiger partial charge in [0, 0.05) is 5.02 Å². The minimum absolute atomic E-state index is 0.324. The number of hydrogen-bond donors (Lipinski definition) is 0. The van der Waals surface area contributed by atoms with Gasteiger partial charge in [0.05, 0.1) is 36.4 Å². The second kappa shape index (κ2) is 9.98. The Bertz CT molecular complexity index is 1040. The summed E-state index contributed by atoms with van der Waals surface area (Å²) in [5.74, 6) is 1.33. The molecule has 0 N–H and O–H groups in total. The molecule has 30 heavy (non-hydrogen) atoms. The number of rotatable bonds is 9. The number of unbranched alkanes of at least 4 members (excludes halogenated alkanes) is 2. The lowest BCUT2D eigenvalue weighted by atomic mass is 10.1. The molecule has 0 aliphatic carbocycles. The maximum atomic E-state index is 12.2. The highest BCUT2D eigenvalue weighted by molar-refractivity contribution is 6.31. The van der Waals surface area contributed by atoms with E-state index in [9.17, 15) is 4.79 Å². The number of esters is 1. The second-order valence-electron chi connectivity index (χ2n) is 7.44. The highest BCUT2D eigenvalue weighted by atomic mass is 35.5. The number of hydrogen-bond acceptors (Lipinski definition) is 4. The summed E-state index contributed by atoms with van der Waals surface area (Å²) in [6, 6.07) is 9.49. The number of aryl methyl sites for hydroxylation is 2. The number of ether oxygens (including phenoxy) is 2. The first-order chi connectivity index (χ1) is 14.4. The maximum absolute atomic E-state index is 12.2. The van der Waals surface area contributed by atoms with Crippen molar-refractivity contribution in [2.24, 2.45) is 0 Å². The summed E-state index contributed by atoms with van der Waals surface area (Å²) in [4.78, 5) is 17.0. The van der Waals surface area contributed by atoms with Crippen molar-refractivity contribution in [2.75, 3.05) is 13.2 Å². The van der Waals surface area contributed by atoms with Crippen molar-refractivity contribution >= 4 is 28.6 Å². The Morgan fingerprint density at radius 2 is 1.93 bits per heavy atom. The van der Waals surface area contributed by atoms with E-state index in [-0.39, 0.29) is 5.97 Å². The van der Waals surface area contributed by atoms with Crippen LogP contribution in [0.4, 0.5) is 0 Å². The van der Waals surface area contributed by atoms with Gasteiger partial charge >= 0.3 is 5.97 Å². The monoisotopic (exact) mass is 428 g/mol. The zero-order valence-corrected chi connectivity index (χ0v) is 18.9. The topological polar surface area (TPSA) is 53.4 Å². The fourth-order valence-corrected chi connectivity index (χ4v) is 3.73. The van der Waals surface area contributed by atoms with Gasteiger partial charge in [-0.05, 0) is 62.6 Å². The third kappa shape index (κ3) is 4.96. The molecular weight excluding hydrogens is 400 g/mol. The first-order valence-corrected chi connectivity index (χ1v) is 10.9. The molecule has 0 spiro atoms. The van der Waals surface area contributed by atoms with Crippen LogP contribution in [0.15, 0.2) is 30.3 Å². The van der Waals surface area contributed by atoms with Crippen LogP contribution in [0.3, 0.4) is 0 Å². The van der Waals surface area contributed by atoms with Gasteiger partial charge in [-0.15, -0.1) is 0 Å². The number of carbonyl (C=O) groups is 1. The Morgan fingerprint density at radius 1 is 1.13 bits per heavy atom. The molecule has 0 saturated carbocycles. The summed E-state index contributed by atoms with van der Waals surface area (Å²) in [6.45, 7) is 9.49. The van der Waals surface area contributed by atoms with Gasteiger partial charge in [0.15, 0.2) is 0 Å². The Labute approximate surface area is 183 Å². The fourth-order valence-electron chi connectivity index (χ4n) is 3.50. The quantitative estimate of drug-likeness (QED) is 0.305. The van der Waals surface area contributed by atoms with Gasteiger partial charge in [-0.1, -0.05) is 37.4 Å². The number of imidazole rings is 1. The molecule has 2 aromatic carbocycles. The third-order valence-electron chi connectivity index (χ3n) is 5.12. The first-order valence-electron chi connectivity index (χ1n) is 10.5. The van der Waals surface area contributed by atoms with E-state index in [0.717, 1.165) is 46.6 Å². The van der Waals surface area contributed by atoms with Crippen LogP contribution in [0.2, 0.25) is 5.02 Å². The zero-order valence-electron chi connectivity index (χ0n) is 18.1. The number of aromatic nitrogens is 2. The van der Waals surface area contributed by atoms with Gasteiger partial charge in [0.1, 0.15) is 11.6 Å². The molecule has 3 aromatic rings. The highest BCUT2D eigenvalue weighted by Gasteiger charge is 2.16. The largest absolute Gasteiger partial charge is 0.494 e. The predicted molar refractivity (Wildman–Crippen MR) is 121 cm³/mol. The number of carbonyl (C=O) groups excluding carboxylic acids is 1. The molecule has 0 saturated heterocycles. The van der Waals surface area contributed by atoms with Crippen molar-refractivity contribution in [1.29, 1.82) is 0 Å². The van der Waals surface area contributed by atoms with Gasteiger partial charge in [-0.2, -0.15) is 0 Å². The van der Waals surface area contributed by atoms with Crippen molar-refractivity contribution in [3.8, 4) is 5.75 Å². The predicted octanol–water partition coefficient (Wildman–Crippen LogP) is 6.10. The van der Waals surface area contributed by atoms with E-state index in [2.05, 4.69) is 11.5 Å². The lowest BCUT2D eigenvalue weighted by Crippen LogP contribution is -2.07. The van der Waals surface area contributed by atoms with E-state index in [0.29, 0.717) is 30.3 Å². The number of fused-ring (bicyclic) bond motifs is 1. The summed E-state index contributed by atoms with van der Waals surface area (Å²) in [5.41, 5.74) is 4.22.